The lowest BCUT2D eigenvalue weighted by Crippen LogP contribution is -2.06. The first-order valence-corrected chi connectivity index (χ1v) is 5.30. The normalized spacial score (nSPS) is 10.4. The van der Waals surface area contributed by atoms with Crippen LogP contribution in [0.25, 0.3) is 0 Å². The molecule has 2 aromatic heterocycles. The van der Waals surface area contributed by atoms with Crippen molar-refractivity contribution in [1.82, 2.24) is 14.3 Å². The van der Waals surface area contributed by atoms with Crippen LogP contribution in [0.15, 0.2) is 30.7 Å². The monoisotopic (exact) mass is 276 g/mol. The molecule has 0 aliphatic carbocycles. The lowest BCUT2D eigenvalue weighted by Gasteiger charge is -2.04. The number of anilines is 1. The molecule has 0 radical (unpaired) electrons. The lowest BCUT2D eigenvalue weighted by atomic mass is 10.4. The molecule has 0 saturated heterocycles. The van der Waals surface area contributed by atoms with E-state index in [9.17, 15) is 8.78 Å². The number of rotatable bonds is 5. The van der Waals surface area contributed by atoms with Crippen LogP contribution >= 0.6 is 12.4 Å². The molecule has 0 saturated carbocycles. The fourth-order valence-corrected chi connectivity index (χ4v) is 1.57. The number of aryl methyl sites for hydroxylation is 1. The van der Waals surface area contributed by atoms with E-state index in [0.29, 0.717) is 6.54 Å². The Morgan fingerprint density at radius 3 is 2.83 bits per heavy atom. The third-order valence-electron chi connectivity index (χ3n) is 2.48. The van der Waals surface area contributed by atoms with E-state index in [2.05, 4.69) is 10.4 Å². The second-order valence-corrected chi connectivity index (χ2v) is 3.81. The van der Waals surface area contributed by atoms with Gasteiger partial charge in [-0.05, 0) is 12.1 Å². The number of nitrogens with one attached hydrogen (secondary N) is 1. The van der Waals surface area contributed by atoms with Crippen LogP contribution in [-0.4, -0.2) is 20.8 Å². The molecular weight excluding hydrogens is 262 g/mol. The summed E-state index contributed by atoms with van der Waals surface area (Å²) < 4.78 is 27.4. The highest BCUT2D eigenvalue weighted by atomic mass is 35.5. The summed E-state index contributed by atoms with van der Waals surface area (Å²) in [6.07, 6.45) is 2.70. The van der Waals surface area contributed by atoms with Gasteiger partial charge >= 0.3 is 0 Å². The number of hydrogen-bond donors (Lipinski definition) is 1. The fourth-order valence-electron chi connectivity index (χ4n) is 1.57. The van der Waals surface area contributed by atoms with Crippen LogP contribution in [0.2, 0.25) is 0 Å². The Morgan fingerprint density at radius 2 is 2.22 bits per heavy atom. The number of aromatic nitrogens is 3. The fraction of sp³-hybridized carbons (Fsp3) is 0.364. The molecule has 0 spiro atoms. The van der Waals surface area contributed by atoms with E-state index < -0.39 is 6.43 Å². The SMILES string of the molecule is Cl.Cn1cccc1CNc1cnn(CC(F)F)c1. The molecule has 0 unspecified atom stereocenters. The van der Waals surface area contributed by atoms with Crippen LogP contribution in [-0.2, 0) is 20.1 Å². The molecule has 18 heavy (non-hydrogen) atoms. The first-order valence-electron chi connectivity index (χ1n) is 5.30. The van der Waals surface area contributed by atoms with Crippen molar-refractivity contribution in [1.29, 1.82) is 0 Å². The average molecular weight is 277 g/mol. The van der Waals surface area contributed by atoms with Crippen molar-refractivity contribution in [2.24, 2.45) is 7.05 Å². The van der Waals surface area contributed by atoms with Crippen LogP contribution in [0.5, 0.6) is 0 Å². The van der Waals surface area contributed by atoms with Gasteiger partial charge in [0, 0.05) is 25.1 Å². The predicted octanol–water partition coefficient (Wildman–Crippen LogP) is 2.52. The van der Waals surface area contributed by atoms with Crippen LogP contribution in [0.1, 0.15) is 5.69 Å². The van der Waals surface area contributed by atoms with Crippen molar-refractivity contribution in [2.45, 2.75) is 19.5 Å². The van der Waals surface area contributed by atoms with Gasteiger partial charge in [0.1, 0.15) is 6.54 Å². The Morgan fingerprint density at radius 1 is 1.44 bits per heavy atom. The topological polar surface area (TPSA) is 34.8 Å². The third-order valence-corrected chi connectivity index (χ3v) is 2.48. The molecule has 2 aromatic rings. The summed E-state index contributed by atoms with van der Waals surface area (Å²) in [6, 6.07) is 3.95. The van der Waals surface area contributed by atoms with Gasteiger partial charge in [0.15, 0.2) is 0 Å². The van der Waals surface area contributed by atoms with Crippen molar-refractivity contribution in [3.63, 3.8) is 0 Å². The van der Waals surface area contributed by atoms with Crippen molar-refractivity contribution in [3.05, 3.63) is 36.4 Å². The maximum absolute atomic E-state index is 12.1. The van der Waals surface area contributed by atoms with Crippen LogP contribution in [0.3, 0.4) is 0 Å². The van der Waals surface area contributed by atoms with Crippen molar-refractivity contribution in [2.75, 3.05) is 5.32 Å². The summed E-state index contributed by atoms with van der Waals surface area (Å²) in [5, 5.41) is 6.98. The second kappa shape index (κ2) is 6.39. The average Bonchev–Trinajstić information content (AvgIpc) is 2.84. The lowest BCUT2D eigenvalue weighted by molar-refractivity contribution is 0.122. The molecule has 100 valence electrons. The molecular formula is C11H15ClF2N4. The highest BCUT2D eigenvalue weighted by Crippen LogP contribution is 2.09. The van der Waals surface area contributed by atoms with Gasteiger partial charge in [0.05, 0.1) is 18.4 Å². The van der Waals surface area contributed by atoms with Gasteiger partial charge in [-0.15, -0.1) is 12.4 Å². The Balaban J connectivity index is 0.00000162. The van der Waals surface area contributed by atoms with Crippen molar-refractivity contribution in [3.8, 4) is 0 Å². The summed E-state index contributed by atoms with van der Waals surface area (Å²) in [5.41, 5.74) is 1.86. The molecule has 1 N–H and O–H groups in total. The molecule has 0 amide bonds. The Hall–Kier alpha value is -1.56. The van der Waals surface area contributed by atoms with Gasteiger partial charge in [-0.3, -0.25) is 4.68 Å². The minimum atomic E-state index is -2.38. The summed E-state index contributed by atoms with van der Waals surface area (Å²) in [6.45, 7) is 0.274. The smallest absolute Gasteiger partial charge is 0.257 e. The number of nitrogens with zero attached hydrogens (tertiary/aromatic N) is 3. The summed E-state index contributed by atoms with van der Waals surface area (Å²) >= 11 is 0. The zero-order valence-electron chi connectivity index (χ0n) is 9.88. The highest BCUT2D eigenvalue weighted by molar-refractivity contribution is 5.85. The molecule has 2 rings (SSSR count). The van der Waals surface area contributed by atoms with Gasteiger partial charge in [-0.1, -0.05) is 0 Å². The Kier molecular flexibility index (Phi) is 5.15. The standard InChI is InChI=1S/C11H14F2N4.ClH/c1-16-4-2-3-10(16)6-14-9-5-15-17(7-9)8-11(12)13;/h2-5,7,11,14H,6,8H2,1H3;1H. The molecule has 0 aromatic carbocycles. The van der Waals surface area contributed by atoms with E-state index in [1.807, 2.05) is 29.9 Å². The van der Waals surface area contributed by atoms with Gasteiger partial charge in [0.25, 0.3) is 6.43 Å². The Bertz CT molecular complexity index is 481. The molecule has 0 fully saturated rings. The second-order valence-electron chi connectivity index (χ2n) is 3.81. The molecule has 0 bridgehead atoms. The van der Waals surface area contributed by atoms with E-state index >= 15 is 0 Å². The van der Waals surface area contributed by atoms with Gasteiger partial charge in [-0.2, -0.15) is 5.10 Å². The molecule has 0 atom stereocenters. The first kappa shape index (κ1) is 14.5. The minimum absolute atomic E-state index is 0. The zero-order valence-corrected chi connectivity index (χ0v) is 10.7. The molecule has 2 heterocycles. The molecule has 0 aliphatic heterocycles. The first-order chi connectivity index (χ1) is 8.15. The quantitative estimate of drug-likeness (QED) is 0.911. The van der Waals surface area contributed by atoms with E-state index in [-0.39, 0.29) is 19.0 Å². The van der Waals surface area contributed by atoms with Crippen LogP contribution < -0.4 is 5.32 Å². The van der Waals surface area contributed by atoms with Gasteiger partial charge < -0.3 is 9.88 Å². The molecule has 7 heteroatoms. The maximum atomic E-state index is 12.1. The minimum Gasteiger partial charge on any atom is -0.377 e. The Labute approximate surface area is 110 Å². The summed E-state index contributed by atoms with van der Waals surface area (Å²) in [7, 11) is 1.96. The number of halogens is 3. The summed E-state index contributed by atoms with van der Waals surface area (Å²) in [5.74, 6) is 0. The van der Waals surface area contributed by atoms with Crippen LogP contribution in [0.4, 0.5) is 14.5 Å². The molecule has 0 aliphatic rings. The van der Waals surface area contributed by atoms with Crippen molar-refractivity contribution < 1.29 is 8.78 Å². The van der Waals surface area contributed by atoms with Gasteiger partial charge in [-0.25, -0.2) is 8.78 Å². The largest absolute Gasteiger partial charge is 0.377 e. The third kappa shape index (κ3) is 3.73. The van der Waals surface area contributed by atoms with Crippen LogP contribution in [0, 0.1) is 0 Å². The number of hydrogen-bond acceptors (Lipinski definition) is 2. The van der Waals surface area contributed by atoms with E-state index in [1.165, 1.54) is 4.68 Å². The highest BCUT2D eigenvalue weighted by Gasteiger charge is 2.05. The molecule has 4 nitrogen and oxygen atoms in total. The van der Waals surface area contributed by atoms with E-state index in [1.54, 1.807) is 12.4 Å². The van der Waals surface area contributed by atoms with E-state index in [0.717, 1.165) is 11.4 Å². The van der Waals surface area contributed by atoms with Crippen molar-refractivity contribution >= 4 is 18.1 Å². The predicted molar refractivity (Wildman–Crippen MR) is 68.2 cm³/mol. The van der Waals surface area contributed by atoms with Gasteiger partial charge in [0.2, 0.25) is 0 Å². The van der Waals surface area contributed by atoms with E-state index in [4.69, 9.17) is 0 Å². The zero-order chi connectivity index (χ0) is 12.3. The maximum Gasteiger partial charge on any atom is 0.257 e. The summed E-state index contributed by atoms with van der Waals surface area (Å²) in [4.78, 5) is 0. The number of alkyl halides is 2.